The van der Waals surface area contributed by atoms with Crippen LogP contribution in [0.15, 0.2) is 72.0 Å². The molecule has 0 amide bonds. The molecular weight excluding hydrogens is 364 g/mol. The van der Waals surface area contributed by atoms with Crippen LogP contribution in [0.25, 0.3) is 0 Å². The highest BCUT2D eigenvalue weighted by Crippen LogP contribution is 2.32. The first-order chi connectivity index (χ1) is 14.0. The summed E-state index contributed by atoms with van der Waals surface area (Å²) >= 11 is 0. The Morgan fingerprint density at radius 3 is 2.41 bits per heavy atom. The van der Waals surface area contributed by atoms with Crippen LogP contribution < -0.4 is 0 Å². The number of rotatable bonds is 7. The molecule has 0 aliphatic heterocycles. The molecule has 0 spiro atoms. The van der Waals surface area contributed by atoms with Crippen LogP contribution in [0.5, 0.6) is 0 Å². The van der Waals surface area contributed by atoms with Gasteiger partial charge in [0, 0.05) is 29.8 Å². The second-order valence-electron chi connectivity index (χ2n) is 7.16. The van der Waals surface area contributed by atoms with Gasteiger partial charge in [-0.25, -0.2) is 0 Å². The van der Waals surface area contributed by atoms with Gasteiger partial charge in [-0.2, -0.15) is 0 Å². The molecule has 0 aliphatic carbocycles. The number of carbonyl (C=O) groups is 1. The molecule has 0 saturated carbocycles. The molecule has 0 saturated heterocycles. The third-order valence-electron chi connectivity index (χ3n) is 5.05. The molecule has 3 aromatic rings. The molecular formula is C24H24N2O3. The molecule has 0 bridgehead atoms. The van der Waals surface area contributed by atoms with E-state index in [1.807, 2.05) is 55.5 Å². The lowest BCUT2D eigenvalue weighted by Gasteiger charge is -2.21. The third-order valence-corrected chi connectivity index (χ3v) is 5.05. The molecule has 2 aromatic carbocycles. The average Bonchev–Trinajstić information content (AvgIpc) is 2.70. The van der Waals surface area contributed by atoms with Crippen molar-refractivity contribution in [3.63, 3.8) is 0 Å². The van der Waals surface area contributed by atoms with Gasteiger partial charge < -0.3 is 10.3 Å². The highest BCUT2D eigenvalue weighted by atomic mass is 16.4. The minimum atomic E-state index is -0.851. The van der Waals surface area contributed by atoms with Crippen molar-refractivity contribution in [2.24, 2.45) is 5.16 Å². The fourth-order valence-electron chi connectivity index (χ4n) is 3.56. The minimum Gasteiger partial charge on any atom is -0.481 e. The van der Waals surface area contributed by atoms with Gasteiger partial charge in [-0.15, -0.1) is 0 Å². The molecule has 2 N–H and O–H groups in total. The van der Waals surface area contributed by atoms with Crippen LogP contribution in [0.1, 0.15) is 45.8 Å². The highest BCUT2D eigenvalue weighted by Gasteiger charge is 2.20. The van der Waals surface area contributed by atoms with Gasteiger partial charge in [-0.3, -0.25) is 9.78 Å². The van der Waals surface area contributed by atoms with E-state index in [4.69, 9.17) is 5.11 Å². The second kappa shape index (κ2) is 9.15. The summed E-state index contributed by atoms with van der Waals surface area (Å²) in [6, 6.07) is 19.5. The first-order valence-corrected chi connectivity index (χ1v) is 9.48. The van der Waals surface area contributed by atoms with Gasteiger partial charge in [0.2, 0.25) is 0 Å². The zero-order valence-electron chi connectivity index (χ0n) is 16.5. The summed E-state index contributed by atoms with van der Waals surface area (Å²) in [5.41, 5.74) is 6.36. The summed E-state index contributed by atoms with van der Waals surface area (Å²) in [4.78, 5) is 15.2. The van der Waals surface area contributed by atoms with E-state index in [-0.39, 0.29) is 12.3 Å². The number of nitrogens with zero attached hydrogens (tertiary/aromatic N) is 2. The maximum Gasteiger partial charge on any atom is 0.307 e. The number of benzene rings is 2. The van der Waals surface area contributed by atoms with Crippen molar-refractivity contribution in [3.05, 3.63) is 100 Å². The SMILES string of the molecule is Cc1cc(/C(C[C@H](c2ccc(CC(=O)O)cc2)c2ccccc2C)=N/O)ccn1. The monoisotopic (exact) mass is 388 g/mol. The lowest BCUT2D eigenvalue weighted by molar-refractivity contribution is -0.136. The molecule has 0 aliphatic rings. The lowest BCUT2D eigenvalue weighted by Crippen LogP contribution is -2.12. The van der Waals surface area contributed by atoms with E-state index in [0.29, 0.717) is 12.1 Å². The van der Waals surface area contributed by atoms with Crippen molar-refractivity contribution in [1.82, 2.24) is 4.98 Å². The van der Waals surface area contributed by atoms with Crippen molar-refractivity contribution >= 4 is 11.7 Å². The van der Waals surface area contributed by atoms with Crippen LogP contribution in [0, 0.1) is 13.8 Å². The van der Waals surface area contributed by atoms with Crippen molar-refractivity contribution < 1.29 is 15.1 Å². The van der Waals surface area contributed by atoms with Crippen LogP contribution in [-0.4, -0.2) is 27.0 Å². The number of oxime groups is 1. The molecule has 148 valence electrons. The Bertz CT molecular complexity index is 1030. The number of aliphatic carboxylic acids is 1. The molecule has 0 fully saturated rings. The van der Waals surface area contributed by atoms with Crippen molar-refractivity contribution in [2.45, 2.75) is 32.6 Å². The van der Waals surface area contributed by atoms with E-state index in [0.717, 1.165) is 33.5 Å². The molecule has 0 unspecified atom stereocenters. The average molecular weight is 388 g/mol. The molecule has 1 aromatic heterocycles. The van der Waals surface area contributed by atoms with Gasteiger partial charge in [0.15, 0.2) is 0 Å². The molecule has 3 rings (SSSR count). The van der Waals surface area contributed by atoms with Gasteiger partial charge >= 0.3 is 5.97 Å². The normalized spacial score (nSPS) is 12.6. The summed E-state index contributed by atoms with van der Waals surface area (Å²) in [7, 11) is 0. The zero-order valence-corrected chi connectivity index (χ0v) is 16.5. The molecule has 1 atom stereocenters. The fourth-order valence-corrected chi connectivity index (χ4v) is 3.56. The maximum absolute atomic E-state index is 11.0. The number of hydrogen-bond acceptors (Lipinski definition) is 4. The molecule has 5 nitrogen and oxygen atoms in total. The molecule has 1 heterocycles. The lowest BCUT2D eigenvalue weighted by atomic mass is 9.83. The predicted molar refractivity (Wildman–Crippen MR) is 113 cm³/mol. The van der Waals surface area contributed by atoms with E-state index in [2.05, 4.69) is 29.2 Å². The molecule has 29 heavy (non-hydrogen) atoms. The van der Waals surface area contributed by atoms with Crippen molar-refractivity contribution in [1.29, 1.82) is 0 Å². The summed E-state index contributed by atoms with van der Waals surface area (Å²) < 4.78 is 0. The van der Waals surface area contributed by atoms with Gasteiger partial charge in [0.25, 0.3) is 0 Å². The Balaban J connectivity index is 2.00. The third kappa shape index (κ3) is 5.08. The Kier molecular flexibility index (Phi) is 6.39. The Morgan fingerprint density at radius 2 is 1.79 bits per heavy atom. The number of aryl methyl sites for hydroxylation is 2. The van der Waals surface area contributed by atoms with Crippen LogP contribution in [0.3, 0.4) is 0 Å². The number of carboxylic acids is 1. The van der Waals surface area contributed by atoms with Gasteiger partial charge in [0.05, 0.1) is 12.1 Å². The van der Waals surface area contributed by atoms with Crippen molar-refractivity contribution in [3.8, 4) is 0 Å². The Labute approximate surface area is 170 Å². The summed E-state index contributed by atoms with van der Waals surface area (Å²) in [6.45, 7) is 3.96. The standard InChI is InChI=1S/C24H24N2O3/c1-16-5-3-4-6-21(16)22(19-9-7-18(8-10-19)14-24(27)28)15-23(26-29)20-11-12-25-17(2)13-20/h3-13,22,29H,14-15H2,1-2H3,(H,27,28)/b26-23+/t22-/m1/s1. The van der Waals surface area contributed by atoms with E-state index in [1.54, 1.807) is 6.20 Å². The van der Waals surface area contributed by atoms with Gasteiger partial charge in [-0.1, -0.05) is 53.7 Å². The molecule has 0 radical (unpaired) electrons. The predicted octanol–water partition coefficient (Wildman–Crippen LogP) is 4.73. The minimum absolute atomic E-state index is 0.00501. The second-order valence-corrected chi connectivity index (χ2v) is 7.16. The van der Waals surface area contributed by atoms with Crippen molar-refractivity contribution in [2.75, 3.05) is 0 Å². The van der Waals surface area contributed by atoms with E-state index in [9.17, 15) is 10.0 Å². The van der Waals surface area contributed by atoms with E-state index < -0.39 is 5.97 Å². The Morgan fingerprint density at radius 1 is 1.07 bits per heavy atom. The van der Waals surface area contributed by atoms with Crippen LogP contribution in [0.2, 0.25) is 0 Å². The summed E-state index contributed by atoms with van der Waals surface area (Å²) in [5, 5.41) is 22.3. The first kappa shape index (κ1) is 20.3. The number of aromatic nitrogens is 1. The van der Waals surface area contributed by atoms with Crippen LogP contribution in [0.4, 0.5) is 0 Å². The number of pyridine rings is 1. The number of carboxylic acid groups (broad SMARTS) is 1. The fraction of sp³-hybridized carbons (Fsp3) is 0.208. The summed E-state index contributed by atoms with van der Waals surface area (Å²) in [5.74, 6) is -0.884. The zero-order chi connectivity index (χ0) is 20.8. The van der Waals surface area contributed by atoms with Gasteiger partial charge in [-0.05, 0) is 48.2 Å². The number of hydrogen-bond donors (Lipinski definition) is 2. The Hall–Kier alpha value is -3.47. The quantitative estimate of drug-likeness (QED) is 0.348. The van der Waals surface area contributed by atoms with Gasteiger partial charge in [0.1, 0.15) is 0 Å². The molecule has 5 heteroatoms. The maximum atomic E-state index is 11.0. The van der Waals surface area contributed by atoms with Crippen LogP contribution >= 0.6 is 0 Å². The highest BCUT2D eigenvalue weighted by molar-refractivity contribution is 6.01. The topological polar surface area (TPSA) is 82.8 Å². The largest absolute Gasteiger partial charge is 0.481 e. The van der Waals surface area contributed by atoms with Crippen LogP contribution in [-0.2, 0) is 11.2 Å². The smallest absolute Gasteiger partial charge is 0.307 e. The van der Waals surface area contributed by atoms with E-state index >= 15 is 0 Å². The summed E-state index contributed by atoms with van der Waals surface area (Å²) in [6.07, 6.45) is 2.21. The first-order valence-electron chi connectivity index (χ1n) is 9.48. The van der Waals surface area contributed by atoms with E-state index in [1.165, 1.54) is 0 Å².